The molecule has 2 aromatic rings. The molecule has 1 N–H and O–H groups in total. The number of hydrogen-bond acceptors (Lipinski definition) is 5. The van der Waals surface area contributed by atoms with Crippen LogP contribution in [0.5, 0.6) is 5.75 Å². The van der Waals surface area contributed by atoms with Gasteiger partial charge < -0.3 is 19.5 Å². The van der Waals surface area contributed by atoms with Gasteiger partial charge in [-0.25, -0.2) is 0 Å². The molecule has 0 saturated carbocycles. The minimum atomic E-state index is 0.222. The topological polar surface area (TPSA) is 45.2 Å². The fraction of sp³-hybridized carbons (Fsp3) is 0.556. The van der Waals surface area contributed by atoms with Gasteiger partial charge in [-0.3, -0.25) is 4.90 Å². The Hall–Kier alpha value is -2.76. The first kappa shape index (κ1) is 29.7. The number of benzene rings is 2. The summed E-state index contributed by atoms with van der Waals surface area (Å²) >= 11 is 0. The highest BCUT2D eigenvalue weighted by Crippen LogP contribution is 2.39. The maximum absolute atomic E-state index is 9.98. The van der Waals surface area contributed by atoms with Crippen LogP contribution in [-0.4, -0.2) is 61.3 Å². The summed E-state index contributed by atoms with van der Waals surface area (Å²) in [6.07, 6.45) is 11.5. The van der Waals surface area contributed by atoms with Gasteiger partial charge >= 0.3 is 0 Å². The molecule has 41 heavy (non-hydrogen) atoms. The molecule has 0 bridgehead atoms. The van der Waals surface area contributed by atoms with E-state index in [1.54, 1.807) is 14.2 Å². The average Bonchev–Trinajstić information content (AvgIpc) is 2.98. The van der Waals surface area contributed by atoms with Crippen LogP contribution in [-0.2, 0) is 35.3 Å². The van der Waals surface area contributed by atoms with Crippen LogP contribution in [0.4, 0.5) is 0 Å². The lowest BCUT2D eigenvalue weighted by Gasteiger charge is -2.41. The summed E-state index contributed by atoms with van der Waals surface area (Å²) in [6.45, 7) is 12.5. The fourth-order valence-corrected chi connectivity index (χ4v) is 7.40. The molecule has 0 radical (unpaired) electrons. The first-order valence-corrected chi connectivity index (χ1v) is 15.7. The normalized spacial score (nSPS) is 24.4. The molecular formula is C36H50N2O3. The summed E-state index contributed by atoms with van der Waals surface area (Å²) in [5.41, 5.74) is 5.87. The molecule has 5 nitrogen and oxygen atoms in total. The third-order valence-corrected chi connectivity index (χ3v) is 9.68. The Kier molecular flexibility index (Phi) is 9.45. The average molecular weight is 559 g/mol. The predicted octanol–water partition coefficient (Wildman–Crippen LogP) is 6.74. The van der Waals surface area contributed by atoms with E-state index >= 15 is 0 Å². The van der Waals surface area contributed by atoms with E-state index in [2.05, 4.69) is 73.1 Å². The van der Waals surface area contributed by atoms with Crippen LogP contribution in [0.1, 0.15) is 62.3 Å². The van der Waals surface area contributed by atoms with E-state index < -0.39 is 0 Å². The summed E-state index contributed by atoms with van der Waals surface area (Å²) in [6, 6.07) is 15.4. The molecule has 0 spiro atoms. The van der Waals surface area contributed by atoms with Crippen molar-refractivity contribution in [1.82, 2.24) is 9.80 Å². The molecule has 0 amide bonds. The highest BCUT2D eigenvalue weighted by molar-refractivity contribution is 5.38. The third kappa shape index (κ3) is 7.18. The Morgan fingerprint density at radius 1 is 0.976 bits per heavy atom. The number of nitrogens with zero attached hydrogens (tertiary/aromatic N) is 2. The number of rotatable bonds is 10. The molecule has 5 heteroatoms. The van der Waals surface area contributed by atoms with Gasteiger partial charge in [0.15, 0.2) is 11.5 Å². The van der Waals surface area contributed by atoms with E-state index in [1.807, 2.05) is 12.1 Å². The molecule has 1 aliphatic heterocycles. The van der Waals surface area contributed by atoms with Gasteiger partial charge in [-0.15, -0.1) is 0 Å². The molecule has 0 aromatic heterocycles. The maximum atomic E-state index is 9.98. The van der Waals surface area contributed by atoms with Crippen molar-refractivity contribution in [2.45, 2.75) is 71.9 Å². The quantitative estimate of drug-likeness (QED) is 0.350. The van der Waals surface area contributed by atoms with Crippen LogP contribution >= 0.6 is 0 Å². The molecule has 3 atom stereocenters. The number of piperidine rings is 1. The van der Waals surface area contributed by atoms with Gasteiger partial charge in [-0.05, 0) is 109 Å². The van der Waals surface area contributed by atoms with Crippen LogP contribution in [0.3, 0.4) is 0 Å². The number of phenolic OH excluding ortho intramolecular Hbond substituents is 1. The van der Waals surface area contributed by atoms with Crippen LogP contribution < -0.4 is 0 Å². The Morgan fingerprint density at radius 3 is 2.41 bits per heavy atom. The molecule has 1 heterocycles. The van der Waals surface area contributed by atoms with Gasteiger partial charge in [0.1, 0.15) is 5.75 Å². The number of fused-ring (bicyclic) bond motifs is 1. The second kappa shape index (κ2) is 13.0. The van der Waals surface area contributed by atoms with Crippen molar-refractivity contribution in [1.29, 1.82) is 0 Å². The minimum absolute atomic E-state index is 0.222. The number of methoxy groups -OCH3 is 2. The second-order valence-electron chi connectivity index (χ2n) is 13.2. The number of ether oxygens (including phenoxy) is 2. The van der Waals surface area contributed by atoms with Gasteiger partial charge in [-0.2, -0.15) is 0 Å². The Balaban J connectivity index is 1.29. The van der Waals surface area contributed by atoms with Gasteiger partial charge in [-0.1, -0.05) is 51.1 Å². The number of phenols is 1. The highest BCUT2D eigenvalue weighted by Gasteiger charge is 2.37. The van der Waals surface area contributed by atoms with Crippen LogP contribution in [0, 0.1) is 17.3 Å². The van der Waals surface area contributed by atoms with E-state index in [1.165, 1.54) is 48.2 Å². The summed E-state index contributed by atoms with van der Waals surface area (Å²) in [5.74, 6) is 2.84. The zero-order valence-electron chi connectivity index (χ0n) is 25.9. The SMILES string of the molecule is CCN(Cc1ccc(CCN2CCCC(C)(C)C2)cc1)C1C=C(OC)C(OC)=CC1[C@@H]1CCc2cc(O)ccc2C1. The first-order valence-electron chi connectivity index (χ1n) is 15.7. The van der Waals surface area contributed by atoms with Gasteiger partial charge in [0.05, 0.1) is 14.2 Å². The Bertz CT molecular complexity index is 1230. The number of likely N-dealkylation sites (N-methyl/N-ethyl adjacent to an activating group) is 1. The number of hydrogen-bond donors (Lipinski definition) is 1. The largest absolute Gasteiger partial charge is 0.508 e. The summed E-state index contributed by atoms with van der Waals surface area (Å²) in [4.78, 5) is 5.23. The lowest BCUT2D eigenvalue weighted by atomic mass is 9.72. The molecule has 1 fully saturated rings. The molecule has 3 aliphatic rings. The maximum Gasteiger partial charge on any atom is 0.158 e. The fourth-order valence-electron chi connectivity index (χ4n) is 7.40. The van der Waals surface area contributed by atoms with Crippen LogP contribution in [0.25, 0.3) is 0 Å². The van der Waals surface area contributed by atoms with E-state index in [9.17, 15) is 5.11 Å². The molecular weight excluding hydrogens is 508 g/mol. The summed E-state index contributed by atoms with van der Waals surface area (Å²) < 4.78 is 11.6. The molecule has 2 aliphatic carbocycles. The monoisotopic (exact) mass is 558 g/mol. The van der Waals surface area contributed by atoms with Crippen LogP contribution in [0.2, 0.25) is 0 Å². The van der Waals surface area contributed by atoms with Crippen molar-refractivity contribution < 1.29 is 14.6 Å². The molecule has 2 aromatic carbocycles. The Morgan fingerprint density at radius 2 is 1.71 bits per heavy atom. The number of likely N-dealkylation sites (tertiary alicyclic amines) is 1. The molecule has 5 rings (SSSR count). The van der Waals surface area contributed by atoms with Gasteiger partial charge in [0.2, 0.25) is 0 Å². The van der Waals surface area contributed by atoms with Gasteiger partial charge in [0.25, 0.3) is 0 Å². The second-order valence-corrected chi connectivity index (χ2v) is 13.2. The minimum Gasteiger partial charge on any atom is -0.508 e. The van der Waals surface area contributed by atoms with Crippen LogP contribution in [0.15, 0.2) is 66.1 Å². The first-order chi connectivity index (χ1) is 19.8. The summed E-state index contributed by atoms with van der Waals surface area (Å²) in [7, 11) is 3.47. The van der Waals surface area contributed by atoms with E-state index in [4.69, 9.17) is 9.47 Å². The summed E-state index contributed by atoms with van der Waals surface area (Å²) in [5, 5.41) is 9.98. The molecule has 2 unspecified atom stereocenters. The lowest BCUT2D eigenvalue weighted by molar-refractivity contribution is 0.119. The predicted molar refractivity (Wildman–Crippen MR) is 167 cm³/mol. The standard InChI is InChI=1S/C36H50N2O3/c1-6-38(24-27-10-8-26(9-11-27)16-19-37-18-7-17-36(2,3)25-37)33-23-35(41-5)34(40-4)22-32(33)30-13-12-29-21-31(39)15-14-28(29)20-30/h8-11,14-15,21-23,30,32-33,39H,6-7,12-13,16-20,24-25H2,1-5H3/t30-,32?,33?/m1/s1. The van der Waals surface area contributed by atoms with Crippen molar-refractivity contribution in [2.75, 3.05) is 40.4 Å². The number of aromatic hydroxyl groups is 1. The van der Waals surface area contributed by atoms with Crippen molar-refractivity contribution in [3.8, 4) is 5.75 Å². The molecule has 1 saturated heterocycles. The van der Waals surface area contributed by atoms with Crippen molar-refractivity contribution in [3.63, 3.8) is 0 Å². The third-order valence-electron chi connectivity index (χ3n) is 9.68. The highest BCUT2D eigenvalue weighted by atomic mass is 16.5. The van der Waals surface area contributed by atoms with Crippen molar-refractivity contribution >= 4 is 0 Å². The number of aryl methyl sites for hydroxylation is 1. The molecule has 222 valence electrons. The van der Waals surface area contributed by atoms with Crippen molar-refractivity contribution in [2.24, 2.45) is 17.3 Å². The lowest BCUT2D eigenvalue weighted by Crippen LogP contribution is -2.44. The smallest absolute Gasteiger partial charge is 0.158 e. The van der Waals surface area contributed by atoms with Gasteiger partial charge in [0, 0.05) is 31.6 Å². The van der Waals surface area contributed by atoms with E-state index in [-0.39, 0.29) is 6.04 Å². The van der Waals surface area contributed by atoms with E-state index in [0.717, 1.165) is 56.8 Å². The van der Waals surface area contributed by atoms with Crippen molar-refractivity contribution in [3.05, 3.63) is 88.4 Å². The Labute approximate surface area is 247 Å². The zero-order valence-corrected chi connectivity index (χ0v) is 25.9. The zero-order chi connectivity index (χ0) is 29.0. The van der Waals surface area contributed by atoms with E-state index in [0.29, 0.717) is 23.0 Å².